The Morgan fingerprint density at radius 3 is 2.75 bits per heavy atom. The lowest BCUT2D eigenvalue weighted by atomic mass is 9.79. The molecule has 3 atom stereocenters. The van der Waals surface area contributed by atoms with Gasteiger partial charge >= 0.3 is 0 Å². The molecule has 1 saturated carbocycles. The van der Waals surface area contributed by atoms with Gasteiger partial charge in [0.1, 0.15) is 11.6 Å². The number of halogens is 2. The Morgan fingerprint density at radius 2 is 1.95 bits per heavy atom. The Morgan fingerprint density at radius 1 is 1.20 bits per heavy atom. The van der Waals surface area contributed by atoms with Crippen LogP contribution < -0.4 is 5.73 Å². The van der Waals surface area contributed by atoms with Crippen molar-refractivity contribution in [1.29, 1.82) is 0 Å². The summed E-state index contributed by atoms with van der Waals surface area (Å²) in [5.41, 5.74) is 5.78. The largest absolute Gasteiger partial charge is 0.338 e. The van der Waals surface area contributed by atoms with Crippen LogP contribution in [0.5, 0.6) is 0 Å². The maximum atomic E-state index is 13.7. The summed E-state index contributed by atoms with van der Waals surface area (Å²) in [5.74, 6) is -0.809. The van der Waals surface area contributed by atoms with E-state index in [1.54, 1.807) is 4.90 Å². The van der Waals surface area contributed by atoms with Gasteiger partial charge in [0.05, 0.1) is 5.56 Å². The van der Waals surface area contributed by atoms with Crippen LogP contribution in [0, 0.1) is 23.5 Å². The molecule has 0 radical (unpaired) electrons. The summed E-state index contributed by atoms with van der Waals surface area (Å²) in [6.07, 6.45) is 2.92. The van der Waals surface area contributed by atoms with Crippen LogP contribution in [-0.4, -0.2) is 29.9 Å². The van der Waals surface area contributed by atoms with Gasteiger partial charge in [-0.2, -0.15) is 0 Å². The molecule has 2 fully saturated rings. The van der Waals surface area contributed by atoms with Gasteiger partial charge in [0.15, 0.2) is 0 Å². The third-order valence-electron chi connectivity index (χ3n) is 4.54. The van der Waals surface area contributed by atoms with Gasteiger partial charge in [0.2, 0.25) is 0 Å². The first-order valence-electron chi connectivity index (χ1n) is 7.04. The predicted octanol–water partition coefficient (Wildman–Crippen LogP) is 2.16. The van der Waals surface area contributed by atoms with Crippen molar-refractivity contribution in [2.45, 2.75) is 25.3 Å². The van der Waals surface area contributed by atoms with Crippen LogP contribution in [0.2, 0.25) is 0 Å². The average Bonchev–Trinajstić information content (AvgIpc) is 2.83. The predicted molar refractivity (Wildman–Crippen MR) is 71.1 cm³/mol. The van der Waals surface area contributed by atoms with Gasteiger partial charge in [0, 0.05) is 19.1 Å². The molecular weight excluding hydrogens is 262 g/mol. The fourth-order valence-electron chi connectivity index (χ4n) is 3.47. The van der Waals surface area contributed by atoms with Crippen LogP contribution in [-0.2, 0) is 0 Å². The van der Waals surface area contributed by atoms with E-state index in [1.807, 2.05) is 0 Å². The minimum Gasteiger partial charge on any atom is -0.338 e. The van der Waals surface area contributed by atoms with Gasteiger partial charge < -0.3 is 10.6 Å². The minimum atomic E-state index is -0.664. The van der Waals surface area contributed by atoms with Crippen molar-refractivity contribution in [2.24, 2.45) is 17.6 Å². The third kappa shape index (κ3) is 2.42. The second kappa shape index (κ2) is 5.13. The van der Waals surface area contributed by atoms with Crippen molar-refractivity contribution >= 4 is 5.91 Å². The van der Waals surface area contributed by atoms with Crippen LogP contribution in [0.25, 0.3) is 0 Å². The molecule has 1 aromatic rings. The number of hydrogen-bond acceptors (Lipinski definition) is 2. The van der Waals surface area contributed by atoms with Gasteiger partial charge in [-0.1, -0.05) is 0 Å². The van der Waals surface area contributed by atoms with Crippen LogP contribution >= 0.6 is 0 Å². The van der Waals surface area contributed by atoms with Crippen LogP contribution in [0.3, 0.4) is 0 Å². The molecule has 1 heterocycles. The first kappa shape index (κ1) is 13.5. The van der Waals surface area contributed by atoms with Crippen molar-refractivity contribution in [3.8, 4) is 0 Å². The van der Waals surface area contributed by atoms with Gasteiger partial charge in [-0.25, -0.2) is 8.78 Å². The number of benzene rings is 1. The second-order valence-corrected chi connectivity index (χ2v) is 5.93. The molecule has 1 aliphatic heterocycles. The second-order valence-electron chi connectivity index (χ2n) is 5.93. The van der Waals surface area contributed by atoms with Gasteiger partial charge in [-0.15, -0.1) is 0 Å². The first-order valence-corrected chi connectivity index (χ1v) is 7.04. The smallest absolute Gasteiger partial charge is 0.256 e. The Bertz CT molecular complexity index is 535. The molecule has 1 unspecified atom stereocenters. The molecule has 1 aliphatic carbocycles. The van der Waals surface area contributed by atoms with E-state index in [-0.39, 0.29) is 11.6 Å². The summed E-state index contributed by atoms with van der Waals surface area (Å²) in [6.45, 7) is 1.24. The molecule has 0 spiro atoms. The number of carbonyl (C=O) groups is 1. The SMILES string of the molecule is NC1CC[C@@H]2CN(C(=O)c3cc(F)ccc3F)C[C@@H]2C1. The topological polar surface area (TPSA) is 46.3 Å². The monoisotopic (exact) mass is 280 g/mol. The zero-order valence-corrected chi connectivity index (χ0v) is 11.2. The van der Waals surface area contributed by atoms with E-state index >= 15 is 0 Å². The summed E-state index contributed by atoms with van der Waals surface area (Å²) in [6, 6.07) is 3.21. The standard InChI is InChI=1S/C15H18F2N2O/c16-11-2-4-14(17)13(6-11)15(20)19-7-9-1-3-12(18)5-10(9)8-19/h2,4,6,9-10,12H,1,3,5,7-8,18H2/t9-,10+,12?/m1/s1. The van der Waals surface area contributed by atoms with Crippen LogP contribution in [0.15, 0.2) is 18.2 Å². The number of amides is 1. The van der Waals surface area contributed by atoms with E-state index in [9.17, 15) is 13.6 Å². The lowest BCUT2D eigenvalue weighted by molar-refractivity contribution is 0.0778. The Labute approximate surface area is 116 Å². The highest BCUT2D eigenvalue weighted by Gasteiger charge is 2.39. The molecule has 1 amide bonds. The zero-order chi connectivity index (χ0) is 14.3. The number of nitrogens with zero attached hydrogens (tertiary/aromatic N) is 1. The normalized spacial score (nSPS) is 29.4. The number of likely N-dealkylation sites (tertiary alicyclic amines) is 1. The molecule has 3 rings (SSSR count). The average molecular weight is 280 g/mol. The van der Waals surface area contributed by atoms with E-state index in [2.05, 4.69) is 0 Å². The fourth-order valence-corrected chi connectivity index (χ4v) is 3.47. The molecule has 20 heavy (non-hydrogen) atoms. The molecule has 1 aromatic carbocycles. The number of hydrogen-bond donors (Lipinski definition) is 1. The van der Waals surface area contributed by atoms with E-state index in [4.69, 9.17) is 5.73 Å². The maximum Gasteiger partial charge on any atom is 0.256 e. The van der Waals surface area contributed by atoms with E-state index in [0.717, 1.165) is 37.5 Å². The maximum absolute atomic E-state index is 13.7. The molecule has 108 valence electrons. The summed E-state index contributed by atoms with van der Waals surface area (Å²) < 4.78 is 26.9. The number of nitrogens with two attached hydrogens (primary N) is 1. The van der Waals surface area contributed by atoms with E-state index in [1.165, 1.54) is 0 Å². The highest BCUT2D eigenvalue weighted by molar-refractivity contribution is 5.94. The van der Waals surface area contributed by atoms with E-state index in [0.29, 0.717) is 24.9 Å². The summed E-state index contributed by atoms with van der Waals surface area (Å²) >= 11 is 0. The lowest BCUT2D eigenvalue weighted by Crippen LogP contribution is -2.32. The Balaban J connectivity index is 1.77. The fraction of sp³-hybridized carbons (Fsp3) is 0.533. The molecular formula is C15H18F2N2O. The van der Waals surface area contributed by atoms with Crippen molar-refractivity contribution in [3.63, 3.8) is 0 Å². The van der Waals surface area contributed by atoms with Gasteiger partial charge in [-0.05, 0) is 49.3 Å². The molecule has 3 nitrogen and oxygen atoms in total. The highest BCUT2D eigenvalue weighted by atomic mass is 19.1. The molecule has 2 aliphatic rings. The quantitative estimate of drug-likeness (QED) is 0.857. The van der Waals surface area contributed by atoms with Crippen molar-refractivity contribution < 1.29 is 13.6 Å². The highest BCUT2D eigenvalue weighted by Crippen LogP contribution is 2.36. The van der Waals surface area contributed by atoms with Crippen molar-refractivity contribution in [2.75, 3.05) is 13.1 Å². The molecule has 0 aromatic heterocycles. The molecule has 1 saturated heterocycles. The summed E-state index contributed by atoms with van der Waals surface area (Å²) in [5, 5.41) is 0. The summed E-state index contributed by atoms with van der Waals surface area (Å²) in [4.78, 5) is 14.0. The molecule has 0 bridgehead atoms. The van der Waals surface area contributed by atoms with Crippen molar-refractivity contribution in [3.05, 3.63) is 35.4 Å². The number of rotatable bonds is 1. The minimum absolute atomic E-state index is 0.173. The number of fused-ring (bicyclic) bond motifs is 1. The Hall–Kier alpha value is -1.49. The van der Waals surface area contributed by atoms with Gasteiger partial charge in [0.25, 0.3) is 5.91 Å². The van der Waals surface area contributed by atoms with Crippen LogP contribution in [0.4, 0.5) is 8.78 Å². The van der Waals surface area contributed by atoms with Gasteiger partial charge in [-0.3, -0.25) is 4.79 Å². The zero-order valence-electron chi connectivity index (χ0n) is 11.2. The van der Waals surface area contributed by atoms with E-state index < -0.39 is 17.5 Å². The molecule has 5 heteroatoms. The Kier molecular flexibility index (Phi) is 3.46. The van der Waals surface area contributed by atoms with Crippen LogP contribution in [0.1, 0.15) is 29.6 Å². The molecule has 2 N–H and O–H groups in total. The summed E-state index contributed by atoms with van der Waals surface area (Å²) in [7, 11) is 0. The lowest BCUT2D eigenvalue weighted by Gasteiger charge is -2.27. The third-order valence-corrected chi connectivity index (χ3v) is 4.54. The first-order chi connectivity index (χ1) is 9.54. The van der Waals surface area contributed by atoms with Crippen molar-refractivity contribution in [1.82, 2.24) is 4.90 Å². The number of carbonyl (C=O) groups excluding carboxylic acids is 1.